The van der Waals surface area contributed by atoms with Crippen molar-refractivity contribution in [3.05, 3.63) is 0 Å². The van der Waals surface area contributed by atoms with Crippen LogP contribution in [0.5, 0.6) is 0 Å². The van der Waals surface area contributed by atoms with Gasteiger partial charge in [-0.05, 0) is 14.1 Å². The third-order valence-corrected chi connectivity index (χ3v) is 4.46. The quantitative estimate of drug-likeness (QED) is 0.750. The maximum atomic E-state index is 11.9. The standard InChI is InChI=1S/C11H22N4OS.3ClH/c1-14-3-4-15(2)9(6-14)5-12-11(16)10-7-17-8-13-10;;;/h9-10,13H,3-8H2,1-2H3,(H,12,16);3*1H. The fraction of sp³-hybridized carbons (Fsp3) is 0.909. The zero-order chi connectivity index (χ0) is 12.3. The van der Waals surface area contributed by atoms with E-state index in [1.807, 2.05) is 0 Å². The van der Waals surface area contributed by atoms with Gasteiger partial charge in [0.2, 0.25) is 5.91 Å². The molecule has 0 aliphatic carbocycles. The molecule has 0 aromatic carbocycles. The fourth-order valence-corrected chi connectivity index (χ4v) is 3.17. The molecule has 2 rings (SSSR count). The lowest BCUT2D eigenvalue weighted by Crippen LogP contribution is -2.55. The van der Waals surface area contributed by atoms with E-state index in [2.05, 4.69) is 34.5 Å². The topological polar surface area (TPSA) is 47.6 Å². The second-order valence-electron chi connectivity index (χ2n) is 4.91. The highest BCUT2D eigenvalue weighted by Gasteiger charge is 2.25. The van der Waals surface area contributed by atoms with Crippen molar-refractivity contribution in [1.29, 1.82) is 0 Å². The van der Waals surface area contributed by atoms with Crippen molar-refractivity contribution in [2.45, 2.75) is 12.1 Å². The van der Waals surface area contributed by atoms with E-state index in [4.69, 9.17) is 0 Å². The Morgan fingerprint density at radius 1 is 1.30 bits per heavy atom. The van der Waals surface area contributed by atoms with E-state index in [1.165, 1.54) is 0 Å². The van der Waals surface area contributed by atoms with Gasteiger partial charge in [-0.1, -0.05) is 0 Å². The summed E-state index contributed by atoms with van der Waals surface area (Å²) in [7, 11) is 4.27. The highest BCUT2D eigenvalue weighted by atomic mass is 35.5. The van der Waals surface area contributed by atoms with Crippen LogP contribution >= 0.6 is 49.0 Å². The van der Waals surface area contributed by atoms with Crippen molar-refractivity contribution >= 4 is 54.9 Å². The Hall–Kier alpha value is 0.570. The highest BCUT2D eigenvalue weighted by molar-refractivity contribution is 7.99. The Balaban J connectivity index is 0. The number of nitrogens with zero attached hydrogens (tertiary/aromatic N) is 2. The summed E-state index contributed by atoms with van der Waals surface area (Å²) in [6.45, 7) is 3.97. The lowest BCUT2D eigenvalue weighted by atomic mass is 10.2. The van der Waals surface area contributed by atoms with Gasteiger partial charge in [0.05, 0.1) is 6.04 Å². The van der Waals surface area contributed by atoms with E-state index in [1.54, 1.807) is 11.8 Å². The Labute approximate surface area is 144 Å². The van der Waals surface area contributed by atoms with E-state index in [0.29, 0.717) is 6.04 Å². The molecule has 9 heteroatoms. The minimum Gasteiger partial charge on any atom is -0.353 e. The van der Waals surface area contributed by atoms with Gasteiger partial charge < -0.3 is 10.2 Å². The monoisotopic (exact) mass is 366 g/mol. The first-order valence-electron chi connectivity index (χ1n) is 6.14. The van der Waals surface area contributed by atoms with E-state index >= 15 is 0 Å². The maximum Gasteiger partial charge on any atom is 0.238 e. The summed E-state index contributed by atoms with van der Waals surface area (Å²) in [6, 6.07) is 0.443. The zero-order valence-corrected chi connectivity index (χ0v) is 15.1. The minimum absolute atomic E-state index is 0. The molecular weight excluding hydrogens is 343 g/mol. The number of carbonyl (C=O) groups excluding carboxylic acids is 1. The Morgan fingerprint density at radius 3 is 2.60 bits per heavy atom. The number of rotatable bonds is 3. The Kier molecular flexibility index (Phi) is 12.8. The number of halogens is 3. The molecule has 2 aliphatic rings. The van der Waals surface area contributed by atoms with Crippen LogP contribution in [-0.2, 0) is 4.79 Å². The van der Waals surface area contributed by atoms with Crippen LogP contribution in [0.4, 0.5) is 0 Å². The van der Waals surface area contributed by atoms with Gasteiger partial charge in [-0.15, -0.1) is 49.0 Å². The molecule has 2 saturated heterocycles. The zero-order valence-electron chi connectivity index (χ0n) is 11.8. The van der Waals surface area contributed by atoms with Crippen LogP contribution in [0.15, 0.2) is 0 Å². The molecule has 2 heterocycles. The van der Waals surface area contributed by atoms with Crippen molar-refractivity contribution in [3.63, 3.8) is 0 Å². The van der Waals surface area contributed by atoms with Crippen molar-refractivity contribution in [1.82, 2.24) is 20.4 Å². The number of amides is 1. The second-order valence-corrected chi connectivity index (χ2v) is 5.94. The predicted molar refractivity (Wildman–Crippen MR) is 92.9 cm³/mol. The number of hydrogen-bond donors (Lipinski definition) is 2. The molecule has 0 saturated carbocycles. The van der Waals surface area contributed by atoms with Crippen LogP contribution in [0.25, 0.3) is 0 Å². The molecule has 5 nitrogen and oxygen atoms in total. The maximum absolute atomic E-state index is 11.9. The number of likely N-dealkylation sites (N-methyl/N-ethyl adjacent to an activating group) is 2. The van der Waals surface area contributed by atoms with Crippen LogP contribution in [0, 0.1) is 0 Å². The van der Waals surface area contributed by atoms with Crippen molar-refractivity contribution in [2.24, 2.45) is 0 Å². The smallest absolute Gasteiger partial charge is 0.238 e. The van der Waals surface area contributed by atoms with E-state index in [-0.39, 0.29) is 49.2 Å². The molecule has 2 fully saturated rings. The number of nitrogens with one attached hydrogen (secondary N) is 2. The summed E-state index contributed by atoms with van der Waals surface area (Å²) in [4.78, 5) is 16.5. The van der Waals surface area contributed by atoms with Gasteiger partial charge in [0.1, 0.15) is 0 Å². The molecule has 0 radical (unpaired) electrons. The Bertz CT molecular complexity index is 282. The molecule has 2 unspecified atom stereocenters. The number of piperazine rings is 1. The van der Waals surface area contributed by atoms with Crippen LogP contribution < -0.4 is 10.6 Å². The van der Waals surface area contributed by atoms with Crippen molar-refractivity contribution in [2.75, 3.05) is 51.9 Å². The van der Waals surface area contributed by atoms with E-state index < -0.39 is 0 Å². The summed E-state index contributed by atoms with van der Waals surface area (Å²) in [5.74, 6) is 1.94. The van der Waals surface area contributed by atoms with Gasteiger partial charge in [-0.3, -0.25) is 15.0 Å². The van der Waals surface area contributed by atoms with Gasteiger partial charge in [0.15, 0.2) is 0 Å². The molecule has 0 aromatic rings. The summed E-state index contributed by atoms with van der Waals surface area (Å²) >= 11 is 1.78. The molecule has 1 amide bonds. The normalized spacial score (nSPS) is 26.9. The molecule has 2 N–H and O–H groups in total. The third-order valence-electron chi connectivity index (χ3n) is 3.52. The van der Waals surface area contributed by atoms with Crippen molar-refractivity contribution in [3.8, 4) is 0 Å². The second kappa shape index (κ2) is 11.2. The van der Waals surface area contributed by atoms with Gasteiger partial charge in [0, 0.05) is 43.9 Å². The summed E-state index contributed by atoms with van der Waals surface area (Å²) < 4.78 is 0. The molecule has 0 bridgehead atoms. The minimum atomic E-state index is 0. The van der Waals surface area contributed by atoms with Crippen LogP contribution in [0.1, 0.15) is 0 Å². The van der Waals surface area contributed by atoms with Crippen LogP contribution in [0.2, 0.25) is 0 Å². The first kappa shape index (κ1) is 22.8. The SMILES string of the molecule is CN1CCN(C)C(CNC(=O)C2CSCN2)C1.Cl.Cl.Cl. The largest absolute Gasteiger partial charge is 0.353 e. The Morgan fingerprint density at radius 2 is 2.00 bits per heavy atom. The highest BCUT2D eigenvalue weighted by Crippen LogP contribution is 2.10. The molecule has 0 aromatic heterocycles. The van der Waals surface area contributed by atoms with Gasteiger partial charge in [-0.25, -0.2) is 0 Å². The molecule has 20 heavy (non-hydrogen) atoms. The molecule has 2 aliphatic heterocycles. The first-order chi connectivity index (χ1) is 8.16. The molecule has 122 valence electrons. The number of carbonyl (C=O) groups is 1. The van der Waals surface area contributed by atoms with Gasteiger partial charge in [0.25, 0.3) is 0 Å². The summed E-state index contributed by atoms with van der Waals surface area (Å²) in [5.41, 5.74) is 0. The van der Waals surface area contributed by atoms with E-state index in [9.17, 15) is 4.79 Å². The number of hydrogen-bond acceptors (Lipinski definition) is 5. The van der Waals surface area contributed by atoms with E-state index in [0.717, 1.165) is 37.8 Å². The molecular formula is C11H25Cl3N4OS. The fourth-order valence-electron chi connectivity index (χ4n) is 2.23. The third kappa shape index (κ3) is 6.56. The predicted octanol–water partition coefficient (Wildman–Crippen LogP) is 0.276. The average Bonchev–Trinajstić information content (AvgIpc) is 2.83. The van der Waals surface area contributed by atoms with Crippen molar-refractivity contribution < 1.29 is 4.79 Å². The first-order valence-corrected chi connectivity index (χ1v) is 7.30. The van der Waals surface area contributed by atoms with Gasteiger partial charge in [-0.2, -0.15) is 0 Å². The summed E-state index contributed by atoms with van der Waals surface area (Å²) in [6.07, 6.45) is 0. The van der Waals surface area contributed by atoms with Crippen LogP contribution in [0.3, 0.4) is 0 Å². The molecule has 2 atom stereocenters. The lowest BCUT2D eigenvalue weighted by Gasteiger charge is -2.37. The number of thioether (sulfide) groups is 1. The lowest BCUT2D eigenvalue weighted by molar-refractivity contribution is -0.122. The summed E-state index contributed by atoms with van der Waals surface area (Å²) in [5, 5.41) is 6.25. The average molecular weight is 368 g/mol. The molecule has 0 spiro atoms. The van der Waals surface area contributed by atoms with Crippen LogP contribution in [-0.4, -0.2) is 79.7 Å². The van der Waals surface area contributed by atoms with Gasteiger partial charge >= 0.3 is 0 Å².